The van der Waals surface area contributed by atoms with Gasteiger partial charge in [0.05, 0.1) is 11.6 Å². The second-order valence-electron chi connectivity index (χ2n) is 8.86. The van der Waals surface area contributed by atoms with E-state index in [0.29, 0.717) is 5.56 Å². The molecule has 0 aromatic heterocycles. The predicted octanol–water partition coefficient (Wildman–Crippen LogP) is 8.94. The van der Waals surface area contributed by atoms with Gasteiger partial charge in [0.25, 0.3) is 0 Å². The third-order valence-electron chi connectivity index (χ3n) is 7.07. The van der Waals surface area contributed by atoms with E-state index >= 15 is 0 Å². The third-order valence-corrected chi connectivity index (χ3v) is 7.07. The van der Waals surface area contributed by atoms with Crippen LogP contribution in [0.3, 0.4) is 0 Å². The molecule has 0 atom stereocenters. The van der Waals surface area contributed by atoms with Crippen LogP contribution in [-0.2, 0) is 0 Å². The van der Waals surface area contributed by atoms with Crippen molar-refractivity contribution in [2.45, 2.75) is 0 Å². The van der Waals surface area contributed by atoms with E-state index in [1.54, 1.807) is 0 Å². The number of benzene rings is 7. The average molecular weight is 430 g/mol. The van der Waals surface area contributed by atoms with Crippen LogP contribution in [0.1, 0.15) is 5.56 Å². The van der Waals surface area contributed by atoms with Crippen molar-refractivity contribution in [3.05, 3.63) is 121 Å². The summed E-state index contributed by atoms with van der Waals surface area (Å²) in [6.45, 7) is 0. The lowest BCUT2D eigenvalue weighted by Crippen LogP contribution is -1.90. The smallest absolute Gasteiger partial charge is 0.0991 e. The van der Waals surface area contributed by atoms with Gasteiger partial charge in [-0.3, -0.25) is 0 Å². The summed E-state index contributed by atoms with van der Waals surface area (Å²) in [4.78, 5) is 0. The summed E-state index contributed by atoms with van der Waals surface area (Å²) in [6, 6.07) is 43.2. The van der Waals surface area contributed by atoms with E-state index in [1.807, 2.05) is 24.3 Å². The molecule has 0 amide bonds. The summed E-state index contributed by atoms with van der Waals surface area (Å²) in [6.07, 6.45) is 0. The number of rotatable bonds is 2. The molecule has 0 saturated carbocycles. The van der Waals surface area contributed by atoms with Crippen molar-refractivity contribution in [2.75, 3.05) is 0 Å². The van der Waals surface area contributed by atoms with Crippen molar-refractivity contribution >= 4 is 43.1 Å². The molecule has 34 heavy (non-hydrogen) atoms. The zero-order valence-corrected chi connectivity index (χ0v) is 18.4. The first kappa shape index (κ1) is 18.9. The van der Waals surface area contributed by atoms with Crippen molar-refractivity contribution in [1.82, 2.24) is 0 Å². The molecule has 1 nitrogen and oxygen atoms in total. The molecule has 0 radical (unpaired) electrons. The molecule has 7 aromatic rings. The zero-order chi connectivity index (χ0) is 22.6. The molecule has 0 fully saturated rings. The molecular weight excluding hydrogens is 410 g/mol. The minimum absolute atomic E-state index is 0.682. The molecule has 7 aromatic carbocycles. The molecule has 0 aliphatic carbocycles. The van der Waals surface area contributed by atoms with Gasteiger partial charge in [-0.2, -0.15) is 5.26 Å². The van der Waals surface area contributed by atoms with Crippen molar-refractivity contribution < 1.29 is 0 Å². The third kappa shape index (κ3) is 2.66. The van der Waals surface area contributed by atoms with E-state index in [-0.39, 0.29) is 0 Å². The van der Waals surface area contributed by atoms with Gasteiger partial charge >= 0.3 is 0 Å². The Morgan fingerprint density at radius 3 is 1.74 bits per heavy atom. The van der Waals surface area contributed by atoms with Crippen LogP contribution in [0.5, 0.6) is 0 Å². The van der Waals surface area contributed by atoms with Crippen LogP contribution in [0.2, 0.25) is 0 Å². The van der Waals surface area contributed by atoms with Gasteiger partial charge in [0.15, 0.2) is 0 Å². The van der Waals surface area contributed by atoms with E-state index in [0.717, 1.165) is 5.56 Å². The van der Waals surface area contributed by atoms with Crippen LogP contribution < -0.4 is 0 Å². The molecule has 0 spiro atoms. The number of hydrogen-bond acceptors (Lipinski definition) is 1. The van der Waals surface area contributed by atoms with Gasteiger partial charge in [0.1, 0.15) is 0 Å². The maximum absolute atomic E-state index is 9.19. The van der Waals surface area contributed by atoms with E-state index in [4.69, 9.17) is 0 Å². The van der Waals surface area contributed by atoms with Crippen LogP contribution in [-0.4, -0.2) is 0 Å². The number of fused-ring (bicyclic) bond motifs is 1. The van der Waals surface area contributed by atoms with Gasteiger partial charge in [-0.1, -0.05) is 103 Å². The topological polar surface area (TPSA) is 23.8 Å². The van der Waals surface area contributed by atoms with Crippen molar-refractivity contribution in [3.63, 3.8) is 0 Å². The SMILES string of the molecule is N#Cc1ccc(-c2ccc3ccc4c(-c5cccc6ccccc56)ccc5ccc2c3c54)cc1. The van der Waals surface area contributed by atoms with Gasteiger partial charge in [0.2, 0.25) is 0 Å². The largest absolute Gasteiger partial charge is 0.192 e. The molecule has 0 heterocycles. The van der Waals surface area contributed by atoms with Gasteiger partial charge in [-0.25, -0.2) is 0 Å². The maximum atomic E-state index is 9.19. The Labute approximate surface area is 197 Å². The fraction of sp³-hybridized carbons (Fsp3) is 0. The van der Waals surface area contributed by atoms with E-state index in [2.05, 4.69) is 97.1 Å². The molecule has 1 heteroatoms. The van der Waals surface area contributed by atoms with Crippen LogP contribution in [0.15, 0.2) is 115 Å². The first-order valence-corrected chi connectivity index (χ1v) is 11.5. The van der Waals surface area contributed by atoms with Crippen LogP contribution in [0.25, 0.3) is 65.3 Å². The Balaban J connectivity index is 1.57. The quantitative estimate of drug-likeness (QED) is 0.252. The average Bonchev–Trinajstić information content (AvgIpc) is 2.91. The molecular formula is C33H19N. The fourth-order valence-electron chi connectivity index (χ4n) is 5.47. The Morgan fingerprint density at radius 2 is 1.00 bits per heavy atom. The standard InChI is InChI=1S/C33H19N/c34-20-21-8-10-23(11-9-21)27-16-12-24-15-19-31-29(17-13-25-14-18-30(27)32(24)33(25)31)28-7-3-5-22-4-1-2-6-26(22)28/h1-19H. The minimum atomic E-state index is 0.682. The summed E-state index contributed by atoms with van der Waals surface area (Å²) in [5.74, 6) is 0. The first-order chi connectivity index (χ1) is 16.8. The Kier molecular flexibility index (Phi) is 3.98. The summed E-state index contributed by atoms with van der Waals surface area (Å²) >= 11 is 0. The second kappa shape index (κ2) is 7.17. The van der Waals surface area contributed by atoms with Gasteiger partial charge in [0, 0.05) is 0 Å². The number of nitrogens with zero attached hydrogens (tertiary/aromatic N) is 1. The van der Waals surface area contributed by atoms with Crippen LogP contribution in [0, 0.1) is 11.3 Å². The normalized spacial score (nSPS) is 11.5. The maximum Gasteiger partial charge on any atom is 0.0991 e. The second-order valence-corrected chi connectivity index (χ2v) is 8.86. The van der Waals surface area contributed by atoms with E-state index in [1.165, 1.54) is 59.8 Å². The lowest BCUT2D eigenvalue weighted by atomic mass is 9.86. The summed E-state index contributed by atoms with van der Waals surface area (Å²) in [7, 11) is 0. The zero-order valence-electron chi connectivity index (χ0n) is 18.4. The van der Waals surface area contributed by atoms with Crippen LogP contribution in [0.4, 0.5) is 0 Å². The highest BCUT2D eigenvalue weighted by Gasteiger charge is 2.15. The fourth-order valence-corrected chi connectivity index (χ4v) is 5.47. The highest BCUT2D eigenvalue weighted by Crippen LogP contribution is 2.43. The Morgan fingerprint density at radius 1 is 0.412 bits per heavy atom. The molecule has 7 rings (SSSR count). The molecule has 0 N–H and O–H groups in total. The summed E-state index contributed by atoms with van der Waals surface area (Å²) in [5.41, 5.74) is 5.54. The molecule has 0 saturated heterocycles. The van der Waals surface area contributed by atoms with Crippen LogP contribution >= 0.6 is 0 Å². The first-order valence-electron chi connectivity index (χ1n) is 11.5. The highest BCUT2D eigenvalue weighted by atomic mass is 14.2. The molecule has 0 unspecified atom stereocenters. The molecule has 156 valence electrons. The number of nitriles is 1. The lowest BCUT2D eigenvalue weighted by molar-refractivity contribution is 1.48. The summed E-state index contributed by atoms with van der Waals surface area (Å²) in [5, 5.41) is 19.4. The van der Waals surface area contributed by atoms with Crippen molar-refractivity contribution in [1.29, 1.82) is 5.26 Å². The molecule has 0 bridgehead atoms. The summed E-state index contributed by atoms with van der Waals surface area (Å²) < 4.78 is 0. The van der Waals surface area contributed by atoms with Gasteiger partial charge < -0.3 is 0 Å². The lowest BCUT2D eigenvalue weighted by Gasteiger charge is -2.17. The van der Waals surface area contributed by atoms with E-state index < -0.39 is 0 Å². The highest BCUT2D eigenvalue weighted by molar-refractivity contribution is 6.28. The number of hydrogen-bond donors (Lipinski definition) is 0. The van der Waals surface area contributed by atoms with E-state index in [9.17, 15) is 5.26 Å². The van der Waals surface area contributed by atoms with Crippen molar-refractivity contribution in [3.8, 4) is 28.3 Å². The van der Waals surface area contributed by atoms with Gasteiger partial charge in [-0.15, -0.1) is 0 Å². The van der Waals surface area contributed by atoms with Crippen molar-refractivity contribution in [2.24, 2.45) is 0 Å². The molecule has 0 aliphatic rings. The predicted molar refractivity (Wildman–Crippen MR) is 143 cm³/mol. The Hall–Kier alpha value is -4.67. The monoisotopic (exact) mass is 429 g/mol. The Bertz CT molecular complexity index is 1900. The molecule has 0 aliphatic heterocycles. The van der Waals surface area contributed by atoms with Gasteiger partial charge in [-0.05, 0) is 77.5 Å². The minimum Gasteiger partial charge on any atom is -0.192 e.